The van der Waals surface area contributed by atoms with Gasteiger partial charge in [-0.15, -0.1) is 0 Å². The second-order valence-electron chi connectivity index (χ2n) is 6.41. The summed E-state index contributed by atoms with van der Waals surface area (Å²) >= 11 is 0. The zero-order valence-electron chi connectivity index (χ0n) is 13.4. The van der Waals surface area contributed by atoms with Gasteiger partial charge < -0.3 is 15.3 Å². The molecule has 4 atom stereocenters. The molecule has 0 aromatic carbocycles. The average molecular weight is 270 g/mol. The van der Waals surface area contributed by atoms with E-state index in [-0.39, 0.29) is 6.10 Å². The van der Waals surface area contributed by atoms with Gasteiger partial charge in [-0.2, -0.15) is 0 Å². The van der Waals surface area contributed by atoms with Gasteiger partial charge in [0.25, 0.3) is 0 Å². The third kappa shape index (κ3) is 6.24. The average Bonchev–Trinajstić information content (AvgIpc) is 2.38. The first-order valence-corrected chi connectivity index (χ1v) is 8.16. The van der Waals surface area contributed by atoms with E-state index < -0.39 is 0 Å². The maximum atomic E-state index is 9.38. The molecule has 0 spiro atoms. The van der Waals surface area contributed by atoms with Crippen LogP contribution >= 0.6 is 0 Å². The van der Waals surface area contributed by atoms with Crippen molar-refractivity contribution in [2.45, 2.75) is 65.0 Å². The molecule has 1 saturated carbocycles. The van der Waals surface area contributed by atoms with Crippen molar-refractivity contribution in [3.8, 4) is 0 Å². The molecular weight excluding hydrogens is 236 g/mol. The largest absolute Gasteiger partial charge is 0.393 e. The topological polar surface area (TPSA) is 35.5 Å². The SMILES string of the molecule is CCNC1CCC(CC)CC1CN(C)CCC(C)O. The van der Waals surface area contributed by atoms with Crippen molar-refractivity contribution < 1.29 is 5.11 Å². The maximum absolute atomic E-state index is 9.38. The Morgan fingerprint density at radius 1 is 1.32 bits per heavy atom. The van der Waals surface area contributed by atoms with Crippen molar-refractivity contribution in [2.75, 3.05) is 26.7 Å². The number of hydrogen-bond acceptors (Lipinski definition) is 3. The molecule has 19 heavy (non-hydrogen) atoms. The molecule has 0 saturated heterocycles. The summed E-state index contributed by atoms with van der Waals surface area (Å²) in [6.45, 7) is 9.66. The van der Waals surface area contributed by atoms with Crippen LogP contribution < -0.4 is 5.32 Å². The van der Waals surface area contributed by atoms with Crippen molar-refractivity contribution in [1.82, 2.24) is 10.2 Å². The van der Waals surface area contributed by atoms with Gasteiger partial charge in [-0.05, 0) is 58.0 Å². The Morgan fingerprint density at radius 3 is 2.63 bits per heavy atom. The lowest BCUT2D eigenvalue weighted by molar-refractivity contribution is 0.130. The minimum absolute atomic E-state index is 0.179. The molecule has 0 heterocycles. The molecule has 3 nitrogen and oxygen atoms in total. The Morgan fingerprint density at radius 2 is 2.05 bits per heavy atom. The summed E-state index contributed by atoms with van der Waals surface area (Å²) in [6.07, 6.45) is 6.12. The lowest BCUT2D eigenvalue weighted by Gasteiger charge is -2.38. The molecule has 0 radical (unpaired) electrons. The summed E-state index contributed by atoms with van der Waals surface area (Å²) in [7, 11) is 2.20. The molecule has 1 rings (SSSR count). The third-order valence-corrected chi connectivity index (χ3v) is 4.61. The van der Waals surface area contributed by atoms with Crippen LogP contribution in [-0.2, 0) is 0 Å². The summed E-state index contributed by atoms with van der Waals surface area (Å²) in [5.74, 6) is 1.70. The summed E-state index contributed by atoms with van der Waals surface area (Å²) in [5.41, 5.74) is 0. The summed E-state index contributed by atoms with van der Waals surface area (Å²) in [6, 6.07) is 0.696. The molecule has 114 valence electrons. The van der Waals surface area contributed by atoms with E-state index in [1.165, 1.54) is 32.2 Å². The van der Waals surface area contributed by atoms with Crippen molar-refractivity contribution in [1.29, 1.82) is 0 Å². The molecule has 3 heteroatoms. The summed E-state index contributed by atoms with van der Waals surface area (Å²) < 4.78 is 0. The van der Waals surface area contributed by atoms with Crippen LogP contribution in [0.25, 0.3) is 0 Å². The molecule has 2 N–H and O–H groups in total. The molecule has 0 aromatic rings. The first-order valence-electron chi connectivity index (χ1n) is 8.16. The van der Waals surface area contributed by atoms with Crippen molar-refractivity contribution in [2.24, 2.45) is 11.8 Å². The Hall–Kier alpha value is -0.120. The van der Waals surface area contributed by atoms with Crippen LogP contribution in [0.2, 0.25) is 0 Å². The van der Waals surface area contributed by atoms with E-state index in [0.29, 0.717) is 6.04 Å². The van der Waals surface area contributed by atoms with Crippen molar-refractivity contribution in [3.63, 3.8) is 0 Å². The Balaban J connectivity index is 2.44. The van der Waals surface area contributed by atoms with E-state index in [4.69, 9.17) is 0 Å². The molecular formula is C16H34N2O. The number of hydrogen-bond donors (Lipinski definition) is 2. The van der Waals surface area contributed by atoms with Gasteiger partial charge in [-0.1, -0.05) is 20.3 Å². The highest BCUT2D eigenvalue weighted by atomic mass is 16.3. The Labute approximate surface area is 119 Å². The highest BCUT2D eigenvalue weighted by Gasteiger charge is 2.29. The fourth-order valence-electron chi connectivity index (χ4n) is 3.36. The second-order valence-corrected chi connectivity index (χ2v) is 6.41. The first kappa shape index (κ1) is 16.9. The number of aliphatic hydroxyl groups excluding tert-OH is 1. The van der Waals surface area contributed by atoms with E-state index in [1.807, 2.05) is 6.92 Å². The van der Waals surface area contributed by atoms with Gasteiger partial charge in [0.1, 0.15) is 0 Å². The van der Waals surface area contributed by atoms with Crippen LogP contribution in [0.3, 0.4) is 0 Å². The first-order chi connectivity index (χ1) is 9.06. The van der Waals surface area contributed by atoms with Crippen LogP contribution in [0.15, 0.2) is 0 Å². The molecule has 0 aromatic heterocycles. The molecule has 1 fully saturated rings. The number of rotatable bonds is 8. The highest BCUT2D eigenvalue weighted by Crippen LogP contribution is 2.31. The van der Waals surface area contributed by atoms with Crippen molar-refractivity contribution >= 4 is 0 Å². The fraction of sp³-hybridized carbons (Fsp3) is 1.00. The molecule has 1 aliphatic rings. The maximum Gasteiger partial charge on any atom is 0.0524 e. The lowest BCUT2D eigenvalue weighted by atomic mass is 9.76. The normalized spacial score (nSPS) is 29.7. The molecule has 0 amide bonds. The zero-order valence-corrected chi connectivity index (χ0v) is 13.4. The Kier molecular flexibility index (Phi) is 7.96. The Bertz CT molecular complexity index is 233. The molecule has 4 unspecified atom stereocenters. The van der Waals surface area contributed by atoms with Gasteiger partial charge in [-0.25, -0.2) is 0 Å². The predicted octanol–water partition coefficient (Wildman–Crippen LogP) is 2.49. The van der Waals surface area contributed by atoms with Crippen LogP contribution in [0.5, 0.6) is 0 Å². The molecule has 0 aliphatic heterocycles. The molecule has 1 aliphatic carbocycles. The third-order valence-electron chi connectivity index (χ3n) is 4.61. The van der Waals surface area contributed by atoms with Gasteiger partial charge in [0.05, 0.1) is 6.10 Å². The summed E-state index contributed by atoms with van der Waals surface area (Å²) in [5, 5.41) is 13.1. The molecule has 0 bridgehead atoms. The van der Waals surface area contributed by atoms with Gasteiger partial charge in [0.2, 0.25) is 0 Å². The summed E-state index contributed by atoms with van der Waals surface area (Å²) in [4.78, 5) is 2.40. The predicted molar refractivity (Wildman–Crippen MR) is 82.4 cm³/mol. The second kappa shape index (κ2) is 8.93. The van der Waals surface area contributed by atoms with E-state index >= 15 is 0 Å². The van der Waals surface area contributed by atoms with Gasteiger partial charge in [0.15, 0.2) is 0 Å². The number of nitrogens with zero attached hydrogens (tertiary/aromatic N) is 1. The van der Waals surface area contributed by atoms with Gasteiger partial charge in [0, 0.05) is 19.1 Å². The van der Waals surface area contributed by atoms with Gasteiger partial charge >= 0.3 is 0 Å². The smallest absolute Gasteiger partial charge is 0.0524 e. The highest BCUT2D eigenvalue weighted by molar-refractivity contribution is 4.85. The minimum atomic E-state index is -0.179. The quantitative estimate of drug-likeness (QED) is 0.711. The van der Waals surface area contributed by atoms with E-state index in [0.717, 1.165) is 31.3 Å². The van der Waals surface area contributed by atoms with Gasteiger partial charge in [-0.3, -0.25) is 0 Å². The van der Waals surface area contributed by atoms with Crippen LogP contribution in [0, 0.1) is 11.8 Å². The standard InChI is InChI=1S/C16H34N2O/c1-5-14-7-8-16(17-6-2)15(11-14)12-18(4)10-9-13(3)19/h13-17,19H,5-12H2,1-4H3. The van der Waals surface area contributed by atoms with E-state index in [2.05, 4.69) is 31.1 Å². The fourth-order valence-corrected chi connectivity index (χ4v) is 3.36. The number of aliphatic hydroxyl groups is 1. The van der Waals surface area contributed by atoms with Crippen LogP contribution in [-0.4, -0.2) is 48.8 Å². The number of nitrogens with one attached hydrogen (secondary N) is 1. The van der Waals surface area contributed by atoms with Crippen molar-refractivity contribution in [3.05, 3.63) is 0 Å². The van der Waals surface area contributed by atoms with Crippen LogP contribution in [0.4, 0.5) is 0 Å². The van der Waals surface area contributed by atoms with E-state index in [9.17, 15) is 5.11 Å². The lowest BCUT2D eigenvalue weighted by Crippen LogP contribution is -2.45. The van der Waals surface area contributed by atoms with E-state index in [1.54, 1.807) is 0 Å². The monoisotopic (exact) mass is 270 g/mol. The zero-order chi connectivity index (χ0) is 14.3. The minimum Gasteiger partial charge on any atom is -0.393 e. The van der Waals surface area contributed by atoms with Crippen LogP contribution in [0.1, 0.15) is 52.9 Å².